The first-order chi connectivity index (χ1) is 6.81. The van der Waals surface area contributed by atoms with Gasteiger partial charge >= 0.3 is 0 Å². The molecule has 1 atom stereocenters. The summed E-state index contributed by atoms with van der Waals surface area (Å²) in [7, 11) is 0. The number of thioether (sulfide) groups is 1. The van der Waals surface area contributed by atoms with Crippen molar-refractivity contribution in [2.45, 2.75) is 65.2 Å². The van der Waals surface area contributed by atoms with Gasteiger partial charge in [0.15, 0.2) is 0 Å². The topological polar surface area (TPSA) is 0 Å². The maximum atomic E-state index is 7.79. The molecule has 0 aromatic heterocycles. The van der Waals surface area contributed by atoms with Crippen LogP contribution in [0.3, 0.4) is 0 Å². The second-order valence-corrected chi connectivity index (χ2v) is 4.67. The van der Waals surface area contributed by atoms with Crippen molar-refractivity contribution in [2.24, 2.45) is 0 Å². The van der Waals surface area contributed by atoms with Crippen molar-refractivity contribution < 1.29 is 1.37 Å². The highest BCUT2D eigenvalue weighted by atomic mass is 32.2. The van der Waals surface area contributed by atoms with Crippen LogP contribution < -0.4 is 0 Å². The van der Waals surface area contributed by atoms with Crippen LogP contribution in [0, 0.1) is 0 Å². The third-order valence-electron chi connectivity index (χ3n) is 2.16. The van der Waals surface area contributed by atoms with E-state index in [9.17, 15) is 0 Å². The minimum absolute atomic E-state index is 0.142. The van der Waals surface area contributed by atoms with E-state index >= 15 is 0 Å². The molecule has 1 unspecified atom stereocenters. The predicted molar refractivity (Wildman–Crippen MR) is 65.6 cm³/mol. The van der Waals surface area contributed by atoms with Gasteiger partial charge in [0.1, 0.15) is 0 Å². The molecule has 1 heteroatoms. The number of hydrogen-bond donors (Lipinski definition) is 0. The molecule has 0 aliphatic heterocycles. The fraction of sp³-hybridized carbons (Fsp3) is 1.00. The fourth-order valence-corrected chi connectivity index (χ4v) is 2.13. The molecule has 0 N–H and O–H groups in total. The summed E-state index contributed by atoms with van der Waals surface area (Å²) in [6, 6.07) is 0. The van der Waals surface area contributed by atoms with Gasteiger partial charge in [-0.25, -0.2) is 0 Å². The van der Waals surface area contributed by atoms with E-state index in [4.69, 9.17) is 1.37 Å². The molecule has 0 saturated heterocycles. The number of rotatable bonds is 10. The van der Waals surface area contributed by atoms with Crippen LogP contribution in [0.5, 0.6) is 0 Å². The zero-order valence-electron chi connectivity index (χ0n) is 10.3. The van der Waals surface area contributed by atoms with Crippen molar-refractivity contribution >= 4 is 11.8 Å². The second-order valence-electron chi connectivity index (χ2n) is 3.59. The van der Waals surface area contributed by atoms with Gasteiger partial charge in [-0.2, -0.15) is 11.8 Å². The maximum absolute atomic E-state index is 7.79. The summed E-state index contributed by atoms with van der Waals surface area (Å²) in [6.07, 6.45) is 10.2. The minimum atomic E-state index is 0.142. The summed E-state index contributed by atoms with van der Waals surface area (Å²) >= 11 is 1.84. The Hall–Kier alpha value is 0.350. The molecule has 0 aromatic rings. The van der Waals surface area contributed by atoms with Gasteiger partial charge in [0, 0.05) is 1.37 Å². The summed E-state index contributed by atoms with van der Waals surface area (Å²) in [5, 5.41) is 0. The normalized spacial score (nSPS) is 14.2. The lowest BCUT2D eigenvalue weighted by atomic mass is 10.2. The lowest BCUT2D eigenvalue weighted by molar-refractivity contribution is 0.700. The summed E-state index contributed by atoms with van der Waals surface area (Å²) < 4.78 is 7.79. The van der Waals surface area contributed by atoms with E-state index in [-0.39, 0.29) is 5.73 Å². The van der Waals surface area contributed by atoms with Gasteiger partial charge in [-0.1, -0.05) is 52.4 Å². The molecule has 0 nitrogen and oxygen atoms in total. The Morgan fingerprint density at radius 1 is 0.846 bits per heavy atom. The van der Waals surface area contributed by atoms with E-state index < -0.39 is 0 Å². The molecule has 0 saturated carbocycles. The lowest BCUT2D eigenvalue weighted by Gasteiger charge is -2.00. The van der Waals surface area contributed by atoms with E-state index in [0.29, 0.717) is 0 Å². The zero-order chi connectivity index (χ0) is 10.6. The number of unbranched alkanes of at least 4 members (excludes halogenated alkanes) is 5. The lowest BCUT2D eigenvalue weighted by Crippen LogP contribution is -1.85. The van der Waals surface area contributed by atoms with Crippen molar-refractivity contribution in [3.05, 3.63) is 0 Å². The Bertz CT molecular complexity index is 106. The largest absolute Gasteiger partial charge is 0.162 e. The van der Waals surface area contributed by atoms with Gasteiger partial charge in [0.25, 0.3) is 0 Å². The van der Waals surface area contributed by atoms with Gasteiger partial charge in [-0.15, -0.1) is 0 Å². The average molecular weight is 204 g/mol. The highest BCUT2D eigenvalue weighted by Gasteiger charge is 1.90. The first-order valence-electron chi connectivity index (χ1n) is 6.42. The second kappa shape index (κ2) is 12.3. The maximum Gasteiger partial charge on any atom is 0.0380 e. The molecule has 0 amide bonds. The summed E-state index contributed by atoms with van der Waals surface area (Å²) in [4.78, 5) is 0. The Morgan fingerprint density at radius 2 is 1.46 bits per heavy atom. The zero-order valence-corrected chi connectivity index (χ0v) is 10.2. The molecule has 0 heterocycles. The van der Waals surface area contributed by atoms with Crippen LogP contribution in [0.25, 0.3) is 0 Å². The molecule has 0 spiro atoms. The Kier molecular flexibility index (Phi) is 10.9. The van der Waals surface area contributed by atoms with Gasteiger partial charge in [0.2, 0.25) is 0 Å². The van der Waals surface area contributed by atoms with E-state index in [0.717, 1.165) is 6.42 Å². The number of hydrogen-bond acceptors (Lipinski definition) is 1. The smallest absolute Gasteiger partial charge is 0.0380 e. The Balaban J connectivity index is 3.06. The van der Waals surface area contributed by atoms with E-state index in [1.165, 1.54) is 50.7 Å². The average Bonchev–Trinajstić information content (AvgIpc) is 2.18. The summed E-state index contributed by atoms with van der Waals surface area (Å²) in [6.45, 7) is 4.46. The molecule has 0 aromatic carbocycles. The summed E-state index contributed by atoms with van der Waals surface area (Å²) in [5.74, 6) is 1.19. The molecule has 80 valence electrons. The monoisotopic (exact) mass is 204 g/mol. The SMILES string of the molecule is [3H]C(CCCCC)SCCCCCC. The van der Waals surface area contributed by atoms with Gasteiger partial charge in [-0.05, 0) is 24.3 Å². The molecule has 0 rings (SSSR count). The van der Waals surface area contributed by atoms with Crippen molar-refractivity contribution in [1.82, 2.24) is 0 Å². The third-order valence-corrected chi connectivity index (χ3v) is 3.15. The molecular weight excluding hydrogens is 176 g/mol. The molecule has 0 aliphatic rings. The molecule has 0 bridgehead atoms. The standard InChI is InChI=1S/C12H26S/c1-3-5-7-9-11-13-12-10-8-6-4-2/h3-12H2,1-2H3/i11T. The van der Waals surface area contributed by atoms with E-state index in [1.54, 1.807) is 0 Å². The van der Waals surface area contributed by atoms with Crippen LogP contribution in [0.2, 0.25) is 0 Å². The first-order valence-corrected chi connectivity index (χ1v) is 6.90. The molecule has 0 radical (unpaired) electrons. The van der Waals surface area contributed by atoms with E-state index in [2.05, 4.69) is 13.8 Å². The highest BCUT2D eigenvalue weighted by Crippen LogP contribution is 2.10. The van der Waals surface area contributed by atoms with Gasteiger partial charge in [-0.3, -0.25) is 0 Å². The van der Waals surface area contributed by atoms with Gasteiger partial charge < -0.3 is 0 Å². The van der Waals surface area contributed by atoms with Crippen LogP contribution in [-0.2, 0) is 0 Å². The quantitative estimate of drug-likeness (QED) is 0.457. The molecule has 0 aliphatic carbocycles. The van der Waals surface area contributed by atoms with E-state index in [1.807, 2.05) is 11.8 Å². The van der Waals surface area contributed by atoms with Crippen LogP contribution >= 0.6 is 11.8 Å². The van der Waals surface area contributed by atoms with Crippen LogP contribution in [0.4, 0.5) is 0 Å². The minimum Gasteiger partial charge on any atom is -0.162 e. The van der Waals surface area contributed by atoms with Crippen LogP contribution in [-0.4, -0.2) is 11.5 Å². The molecular formula is C12H26S. The Morgan fingerprint density at radius 3 is 2.08 bits per heavy atom. The predicted octanol–water partition coefficient (Wildman–Crippen LogP) is 4.88. The van der Waals surface area contributed by atoms with Crippen molar-refractivity contribution in [1.29, 1.82) is 0 Å². The Labute approximate surface area is 90.3 Å². The molecule has 13 heavy (non-hydrogen) atoms. The van der Waals surface area contributed by atoms with Gasteiger partial charge in [0.05, 0.1) is 0 Å². The van der Waals surface area contributed by atoms with Crippen molar-refractivity contribution in [2.75, 3.05) is 11.5 Å². The van der Waals surface area contributed by atoms with Crippen molar-refractivity contribution in [3.63, 3.8) is 0 Å². The first kappa shape index (κ1) is 11.4. The molecule has 0 fully saturated rings. The highest BCUT2D eigenvalue weighted by molar-refractivity contribution is 7.99. The fourth-order valence-electron chi connectivity index (χ4n) is 1.26. The van der Waals surface area contributed by atoms with Crippen LogP contribution in [0.1, 0.15) is 66.6 Å². The third kappa shape index (κ3) is 12.4. The van der Waals surface area contributed by atoms with Crippen molar-refractivity contribution in [3.8, 4) is 0 Å². The summed E-state index contributed by atoms with van der Waals surface area (Å²) in [5.41, 5.74) is 0.142. The van der Waals surface area contributed by atoms with Crippen LogP contribution in [0.15, 0.2) is 0 Å².